The van der Waals surface area contributed by atoms with Crippen LogP contribution in [0.4, 0.5) is 0 Å². The highest BCUT2D eigenvalue weighted by molar-refractivity contribution is 9.10. The molecule has 0 atom stereocenters. The predicted molar refractivity (Wildman–Crippen MR) is 80.3 cm³/mol. The Bertz CT molecular complexity index is 410. The Balaban J connectivity index is 2.55. The van der Waals surface area contributed by atoms with Crippen LogP contribution >= 0.6 is 15.9 Å². The summed E-state index contributed by atoms with van der Waals surface area (Å²) in [5, 5.41) is 5.87. The van der Waals surface area contributed by atoms with E-state index in [9.17, 15) is 4.79 Å². The molecule has 1 aromatic carbocycles. The molecule has 2 N–H and O–H groups in total. The van der Waals surface area contributed by atoms with Gasteiger partial charge in [0.25, 0.3) is 0 Å². The molecule has 4 nitrogen and oxygen atoms in total. The van der Waals surface area contributed by atoms with Crippen LogP contribution in [0.1, 0.15) is 25.8 Å². The quantitative estimate of drug-likeness (QED) is 0.770. The number of likely N-dealkylation sites (N-methyl/N-ethyl adjacent to an activating group) is 1. The number of nitrogens with one attached hydrogen (secondary N) is 2. The first-order valence-corrected chi connectivity index (χ1v) is 7.35. The molecular formula is C14H21BrN2O2. The number of carbonyl (C=O) groups excluding carboxylic acids is 1. The second-order valence-electron chi connectivity index (χ2n) is 4.16. The molecule has 0 bridgehead atoms. The maximum atomic E-state index is 11.3. The number of ether oxygens (including phenoxy) is 1. The fraction of sp³-hybridized carbons (Fsp3) is 0.500. The highest BCUT2D eigenvalue weighted by atomic mass is 79.9. The van der Waals surface area contributed by atoms with Crippen LogP contribution in [-0.4, -0.2) is 25.6 Å². The minimum atomic E-state index is 0.00789. The van der Waals surface area contributed by atoms with Crippen molar-refractivity contribution in [2.45, 2.75) is 26.8 Å². The fourth-order valence-corrected chi connectivity index (χ4v) is 2.02. The first-order chi connectivity index (χ1) is 9.17. The number of halogens is 1. The van der Waals surface area contributed by atoms with Gasteiger partial charge in [-0.3, -0.25) is 4.79 Å². The van der Waals surface area contributed by atoms with Crippen molar-refractivity contribution in [2.75, 3.05) is 19.7 Å². The monoisotopic (exact) mass is 328 g/mol. The standard InChI is InChI=1S/C14H21BrN2O2/c1-3-7-19-13-6-5-12(15)8-11(13)9-16-10-14(18)17-4-2/h5-6,8,16H,3-4,7,9-10H2,1-2H3,(H,17,18). The highest BCUT2D eigenvalue weighted by Gasteiger charge is 2.05. The van der Waals surface area contributed by atoms with E-state index in [0.717, 1.165) is 22.2 Å². The van der Waals surface area contributed by atoms with Crippen molar-refractivity contribution in [3.63, 3.8) is 0 Å². The molecule has 1 amide bonds. The van der Waals surface area contributed by atoms with Gasteiger partial charge in [-0.25, -0.2) is 0 Å². The molecular weight excluding hydrogens is 308 g/mol. The molecule has 0 aliphatic heterocycles. The summed E-state index contributed by atoms with van der Waals surface area (Å²) in [5.74, 6) is 0.877. The molecule has 0 heterocycles. The van der Waals surface area contributed by atoms with Crippen molar-refractivity contribution in [2.24, 2.45) is 0 Å². The van der Waals surface area contributed by atoms with E-state index in [1.165, 1.54) is 0 Å². The summed E-state index contributed by atoms with van der Waals surface area (Å²) >= 11 is 3.45. The van der Waals surface area contributed by atoms with E-state index < -0.39 is 0 Å². The Hall–Kier alpha value is -1.07. The third kappa shape index (κ3) is 6.07. The molecule has 0 saturated heterocycles. The molecule has 1 rings (SSSR count). The molecule has 1 aromatic rings. The van der Waals surface area contributed by atoms with Crippen LogP contribution in [0.2, 0.25) is 0 Å². The molecule has 0 aliphatic carbocycles. The highest BCUT2D eigenvalue weighted by Crippen LogP contribution is 2.23. The van der Waals surface area contributed by atoms with Gasteiger partial charge in [-0.15, -0.1) is 0 Å². The van der Waals surface area contributed by atoms with Crippen LogP contribution in [0.25, 0.3) is 0 Å². The van der Waals surface area contributed by atoms with Gasteiger partial charge < -0.3 is 15.4 Å². The van der Waals surface area contributed by atoms with Crippen molar-refractivity contribution in [3.8, 4) is 5.75 Å². The van der Waals surface area contributed by atoms with E-state index in [4.69, 9.17) is 4.74 Å². The topological polar surface area (TPSA) is 50.4 Å². The number of benzene rings is 1. The van der Waals surface area contributed by atoms with Crippen LogP contribution in [0.15, 0.2) is 22.7 Å². The van der Waals surface area contributed by atoms with Gasteiger partial charge in [0.15, 0.2) is 0 Å². The lowest BCUT2D eigenvalue weighted by Gasteiger charge is -2.12. The van der Waals surface area contributed by atoms with E-state index in [1.54, 1.807) is 0 Å². The van der Waals surface area contributed by atoms with E-state index in [2.05, 4.69) is 33.5 Å². The summed E-state index contributed by atoms with van der Waals surface area (Å²) in [4.78, 5) is 11.3. The minimum Gasteiger partial charge on any atom is -0.493 e. The van der Waals surface area contributed by atoms with Crippen LogP contribution in [0.3, 0.4) is 0 Å². The van der Waals surface area contributed by atoms with Crippen LogP contribution in [-0.2, 0) is 11.3 Å². The molecule has 0 aromatic heterocycles. The summed E-state index contributed by atoms with van der Waals surface area (Å²) < 4.78 is 6.69. The average molecular weight is 329 g/mol. The first-order valence-electron chi connectivity index (χ1n) is 6.56. The molecule has 0 unspecified atom stereocenters. The van der Waals surface area contributed by atoms with Crippen molar-refractivity contribution < 1.29 is 9.53 Å². The molecule has 0 saturated carbocycles. The maximum absolute atomic E-state index is 11.3. The summed E-state index contributed by atoms with van der Waals surface area (Å²) in [6.07, 6.45) is 0.974. The van der Waals surface area contributed by atoms with E-state index in [0.29, 0.717) is 26.2 Å². The van der Waals surface area contributed by atoms with Crippen molar-refractivity contribution in [1.29, 1.82) is 0 Å². The Morgan fingerprint density at radius 2 is 2.16 bits per heavy atom. The summed E-state index contributed by atoms with van der Waals surface area (Å²) in [6, 6.07) is 5.91. The molecule has 0 aliphatic rings. The third-order valence-electron chi connectivity index (χ3n) is 2.46. The van der Waals surface area contributed by atoms with E-state index >= 15 is 0 Å². The second-order valence-corrected chi connectivity index (χ2v) is 5.07. The third-order valence-corrected chi connectivity index (χ3v) is 2.95. The zero-order valence-corrected chi connectivity index (χ0v) is 13.0. The van der Waals surface area contributed by atoms with Crippen molar-refractivity contribution in [1.82, 2.24) is 10.6 Å². The minimum absolute atomic E-state index is 0.00789. The van der Waals surface area contributed by atoms with Crippen molar-refractivity contribution >= 4 is 21.8 Å². The maximum Gasteiger partial charge on any atom is 0.233 e. The zero-order chi connectivity index (χ0) is 14.1. The lowest BCUT2D eigenvalue weighted by molar-refractivity contribution is -0.120. The van der Waals surface area contributed by atoms with Crippen LogP contribution in [0, 0.1) is 0 Å². The number of hydrogen-bond donors (Lipinski definition) is 2. The van der Waals surface area contributed by atoms with Gasteiger partial charge in [-0.05, 0) is 31.5 Å². The Labute approximate surface area is 123 Å². The zero-order valence-electron chi connectivity index (χ0n) is 11.5. The van der Waals surface area contributed by atoms with Gasteiger partial charge in [0, 0.05) is 23.1 Å². The predicted octanol–water partition coefficient (Wildman–Crippen LogP) is 2.46. The second kappa shape index (κ2) is 8.93. The Morgan fingerprint density at radius 1 is 1.37 bits per heavy atom. The molecule has 0 radical (unpaired) electrons. The molecule has 5 heteroatoms. The van der Waals surface area contributed by atoms with Crippen LogP contribution < -0.4 is 15.4 Å². The summed E-state index contributed by atoms with van der Waals surface area (Å²) in [6.45, 7) is 6.26. The normalized spacial score (nSPS) is 10.3. The van der Waals surface area contributed by atoms with Gasteiger partial charge in [0.1, 0.15) is 5.75 Å². The number of amides is 1. The molecule has 106 valence electrons. The smallest absolute Gasteiger partial charge is 0.233 e. The van der Waals surface area contributed by atoms with E-state index in [1.807, 2.05) is 25.1 Å². The molecule has 0 fully saturated rings. The van der Waals surface area contributed by atoms with Crippen molar-refractivity contribution in [3.05, 3.63) is 28.2 Å². The largest absolute Gasteiger partial charge is 0.493 e. The lowest BCUT2D eigenvalue weighted by atomic mass is 10.2. The Kier molecular flexibility index (Phi) is 7.52. The number of hydrogen-bond acceptors (Lipinski definition) is 3. The van der Waals surface area contributed by atoms with Gasteiger partial charge in [-0.2, -0.15) is 0 Å². The number of rotatable bonds is 8. The SMILES string of the molecule is CCCOc1ccc(Br)cc1CNCC(=O)NCC. The fourth-order valence-electron chi connectivity index (χ4n) is 1.61. The van der Waals surface area contributed by atoms with Crippen LogP contribution in [0.5, 0.6) is 5.75 Å². The first kappa shape index (κ1) is 16.0. The average Bonchev–Trinajstić information content (AvgIpc) is 2.38. The summed E-state index contributed by atoms with van der Waals surface area (Å²) in [7, 11) is 0. The van der Waals surface area contributed by atoms with Gasteiger partial charge >= 0.3 is 0 Å². The molecule has 0 spiro atoms. The van der Waals surface area contributed by atoms with Gasteiger partial charge in [-0.1, -0.05) is 22.9 Å². The Morgan fingerprint density at radius 3 is 2.84 bits per heavy atom. The van der Waals surface area contributed by atoms with E-state index in [-0.39, 0.29) is 5.91 Å². The summed E-state index contributed by atoms with van der Waals surface area (Å²) in [5.41, 5.74) is 1.05. The molecule has 19 heavy (non-hydrogen) atoms. The lowest BCUT2D eigenvalue weighted by Crippen LogP contribution is -2.33. The number of carbonyl (C=O) groups is 1. The van der Waals surface area contributed by atoms with Gasteiger partial charge in [0.05, 0.1) is 13.2 Å². The van der Waals surface area contributed by atoms with Gasteiger partial charge in [0.2, 0.25) is 5.91 Å².